The molecule has 1 aliphatic heterocycles. The quantitative estimate of drug-likeness (QED) is 0.891. The number of nitrogens with zero attached hydrogens (tertiary/aromatic N) is 2. The standard InChI is InChI=1S/C19H25F2N3/c1-19(2,3)12-24-9-5-6-13(11-24)18-14(10-22-23-18)17-15(20)7-4-8-16(17)21/h4,7-8,10,13H,5-6,9,11-12H2,1-3H3,(H,22,23). The highest BCUT2D eigenvalue weighted by Gasteiger charge is 2.28. The van der Waals surface area contributed by atoms with Crippen LogP contribution in [0.15, 0.2) is 24.4 Å². The van der Waals surface area contributed by atoms with Gasteiger partial charge in [0, 0.05) is 30.3 Å². The van der Waals surface area contributed by atoms with Gasteiger partial charge in [-0.1, -0.05) is 26.8 Å². The minimum Gasteiger partial charge on any atom is -0.302 e. The Hall–Kier alpha value is -1.75. The fourth-order valence-electron chi connectivity index (χ4n) is 3.67. The van der Waals surface area contributed by atoms with Gasteiger partial charge in [-0.05, 0) is 36.9 Å². The number of piperidine rings is 1. The monoisotopic (exact) mass is 333 g/mol. The van der Waals surface area contributed by atoms with Gasteiger partial charge in [0.2, 0.25) is 0 Å². The average molecular weight is 333 g/mol. The highest BCUT2D eigenvalue weighted by Crippen LogP contribution is 2.35. The molecule has 3 rings (SSSR count). The third kappa shape index (κ3) is 3.66. The first-order chi connectivity index (χ1) is 11.3. The first-order valence-corrected chi connectivity index (χ1v) is 8.55. The summed E-state index contributed by atoms with van der Waals surface area (Å²) >= 11 is 0. The van der Waals surface area contributed by atoms with Gasteiger partial charge in [-0.25, -0.2) is 8.78 Å². The molecule has 2 aromatic rings. The van der Waals surface area contributed by atoms with Gasteiger partial charge in [0.15, 0.2) is 0 Å². The van der Waals surface area contributed by atoms with E-state index in [0.717, 1.165) is 38.2 Å². The summed E-state index contributed by atoms with van der Waals surface area (Å²) in [7, 11) is 0. The van der Waals surface area contributed by atoms with Crippen molar-refractivity contribution in [3.05, 3.63) is 41.7 Å². The van der Waals surface area contributed by atoms with Crippen LogP contribution in [0.2, 0.25) is 0 Å². The second-order valence-electron chi connectivity index (χ2n) is 7.93. The molecule has 1 fully saturated rings. The molecule has 1 unspecified atom stereocenters. The van der Waals surface area contributed by atoms with Gasteiger partial charge in [0.25, 0.3) is 0 Å². The molecule has 1 N–H and O–H groups in total. The summed E-state index contributed by atoms with van der Waals surface area (Å²) in [5.74, 6) is -0.863. The van der Waals surface area contributed by atoms with Gasteiger partial charge in [-0.2, -0.15) is 5.10 Å². The molecule has 0 spiro atoms. The minimum atomic E-state index is -0.542. The zero-order valence-electron chi connectivity index (χ0n) is 14.6. The molecule has 0 aliphatic carbocycles. The van der Waals surface area contributed by atoms with E-state index < -0.39 is 11.6 Å². The number of H-pyrrole nitrogens is 1. The summed E-state index contributed by atoms with van der Waals surface area (Å²) in [4.78, 5) is 2.44. The minimum absolute atomic E-state index is 0.0224. The van der Waals surface area contributed by atoms with E-state index in [9.17, 15) is 8.78 Å². The van der Waals surface area contributed by atoms with Crippen LogP contribution in [-0.2, 0) is 0 Å². The lowest BCUT2D eigenvalue weighted by molar-refractivity contribution is 0.150. The van der Waals surface area contributed by atoms with Gasteiger partial charge in [-0.15, -0.1) is 0 Å². The highest BCUT2D eigenvalue weighted by molar-refractivity contribution is 5.67. The number of benzene rings is 1. The molecule has 0 saturated carbocycles. The van der Waals surface area contributed by atoms with Crippen molar-refractivity contribution in [2.24, 2.45) is 5.41 Å². The lowest BCUT2D eigenvalue weighted by atomic mass is 9.88. The molecule has 130 valence electrons. The summed E-state index contributed by atoms with van der Waals surface area (Å²) in [6.07, 6.45) is 3.63. The molecular weight excluding hydrogens is 308 g/mol. The maximum absolute atomic E-state index is 14.2. The highest BCUT2D eigenvalue weighted by atomic mass is 19.1. The van der Waals surface area contributed by atoms with Crippen molar-refractivity contribution >= 4 is 0 Å². The summed E-state index contributed by atoms with van der Waals surface area (Å²) in [6, 6.07) is 3.98. The summed E-state index contributed by atoms with van der Waals surface area (Å²) in [5.41, 5.74) is 1.65. The van der Waals surface area contributed by atoms with E-state index in [-0.39, 0.29) is 16.9 Å². The number of hydrogen-bond acceptors (Lipinski definition) is 2. The van der Waals surface area contributed by atoms with Gasteiger partial charge in [-0.3, -0.25) is 5.10 Å². The van der Waals surface area contributed by atoms with Crippen LogP contribution in [-0.4, -0.2) is 34.7 Å². The van der Waals surface area contributed by atoms with Crippen molar-refractivity contribution in [2.45, 2.75) is 39.5 Å². The lowest BCUT2D eigenvalue weighted by Crippen LogP contribution is -2.39. The SMILES string of the molecule is CC(C)(C)CN1CCCC(c2[nH]ncc2-c2c(F)cccc2F)C1. The average Bonchev–Trinajstić information content (AvgIpc) is 2.95. The molecule has 1 atom stereocenters. The molecule has 2 heterocycles. The maximum atomic E-state index is 14.2. The molecule has 5 heteroatoms. The van der Waals surface area contributed by atoms with Crippen LogP contribution in [0.4, 0.5) is 8.78 Å². The number of aromatic nitrogens is 2. The summed E-state index contributed by atoms with van der Waals surface area (Å²) in [6.45, 7) is 9.67. The van der Waals surface area contributed by atoms with Crippen LogP contribution in [0.25, 0.3) is 11.1 Å². The van der Waals surface area contributed by atoms with Crippen molar-refractivity contribution in [2.75, 3.05) is 19.6 Å². The summed E-state index contributed by atoms with van der Waals surface area (Å²) in [5, 5.41) is 7.08. The van der Waals surface area contributed by atoms with Gasteiger partial charge in [0.1, 0.15) is 11.6 Å². The van der Waals surface area contributed by atoms with Gasteiger partial charge in [0.05, 0.1) is 11.8 Å². The largest absolute Gasteiger partial charge is 0.302 e. The second-order valence-corrected chi connectivity index (χ2v) is 7.93. The van der Waals surface area contributed by atoms with Crippen molar-refractivity contribution in [3.8, 4) is 11.1 Å². The van der Waals surface area contributed by atoms with Crippen LogP contribution in [0.1, 0.15) is 45.2 Å². The third-order valence-electron chi connectivity index (χ3n) is 4.51. The Bertz CT molecular complexity index is 683. The van der Waals surface area contributed by atoms with E-state index in [1.54, 1.807) is 6.20 Å². The zero-order valence-corrected chi connectivity index (χ0v) is 14.6. The molecular formula is C19H25F2N3. The van der Waals surface area contributed by atoms with Crippen LogP contribution in [0.3, 0.4) is 0 Å². The molecule has 1 aromatic carbocycles. The topological polar surface area (TPSA) is 31.9 Å². The Balaban J connectivity index is 1.88. The zero-order chi connectivity index (χ0) is 17.3. The van der Waals surface area contributed by atoms with Crippen LogP contribution < -0.4 is 0 Å². The summed E-state index contributed by atoms with van der Waals surface area (Å²) < 4.78 is 28.3. The number of likely N-dealkylation sites (tertiary alicyclic amines) is 1. The number of rotatable bonds is 3. The number of halogens is 2. The first kappa shape index (κ1) is 17.1. The number of aromatic amines is 1. The van der Waals surface area contributed by atoms with Crippen molar-refractivity contribution in [3.63, 3.8) is 0 Å². The molecule has 1 saturated heterocycles. The fraction of sp³-hybridized carbons (Fsp3) is 0.526. The van der Waals surface area contributed by atoms with Gasteiger partial charge >= 0.3 is 0 Å². The number of nitrogens with one attached hydrogen (secondary N) is 1. The van der Waals surface area contributed by atoms with Crippen molar-refractivity contribution in [1.29, 1.82) is 0 Å². The van der Waals surface area contributed by atoms with Crippen molar-refractivity contribution < 1.29 is 8.78 Å². The predicted molar refractivity (Wildman–Crippen MR) is 91.8 cm³/mol. The molecule has 1 aliphatic rings. The molecule has 0 radical (unpaired) electrons. The van der Waals surface area contributed by atoms with E-state index in [4.69, 9.17) is 0 Å². The lowest BCUT2D eigenvalue weighted by Gasteiger charge is -2.36. The maximum Gasteiger partial charge on any atom is 0.134 e. The second kappa shape index (κ2) is 6.63. The molecule has 24 heavy (non-hydrogen) atoms. The van der Waals surface area contributed by atoms with Gasteiger partial charge < -0.3 is 4.90 Å². The predicted octanol–water partition coefficient (Wildman–Crippen LogP) is 4.58. The van der Waals surface area contributed by atoms with E-state index in [1.165, 1.54) is 18.2 Å². The Labute approximate surface area is 142 Å². The van der Waals surface area contributed by atoms with E-state index in [0.29, 0.717) is 5.56 Å². The Morgan fingerprint density at radius 1 is 1.25 bits per heavy atom. The fourth-order valence-corrected chi connectivity index (χ4v) is 3.67. The third-order valence-corrected chi connectivity index (χ3v) is 4.51. The molecule has 3 nitrogen and oxygen atoms in total. The Morgan fingerprint density at radius 2 is 1.96 bits per heavy atom. The smallest absolute Gasteiger partial charge is 0.134 e. The van der Waals surface area contributed by atoms with Crippen LogP contribution in [0, 0.1) is 17.0 Å². The van der Waals surface area contributed by atoms with E-state index >= 15 is 0 Å². The Morgan fingerprint density at radius 3 is 2.62 bits per heavy atom. The molecule has 1 aromatic heterocycles. The first-order valence-electron chi connectivity index (χ1n) is 8.55. The normalized spacial score (nSPS) is 19.6. The van der Waals surface area contributed by atoms with E-state index in [1.807, 2.05) is 0 Å². The van der Waals surface area contributed by atoms with Crippen LogP contribution in [0.5, 0.6) is 0 Å². The molecule has 0 bridgehead atoms. The van der Waals surface area contributed by atoms with E-state index in [2.05, 4.69) is 35.9 Å². The molecule has 0 amide bonds. The van der Waals surface area contributed by atoms with Crippen molar-refractivity contribution in [1.82, 2.24) is 15.1 Å². The number of hydrogen-bond donors (Lipinski definition) is 1. The Kier molecular flexibility index (Phi) is 4.72. The van der Waals surface area contributed by atoms with Crippen LogP contribution >= 0.6 is 0 Å².